The third-order valence-electron chi connectivity index (χ3n) is 6.14. The lowest BCUT2D eigenvalue weighted by Crippen LogP contribution is -2.41. The molecule has 0 saturated carbocycles. The van der Waals surface area contributed by atoms with Crippen molar-refractivity contribution in [3.8, 4) is 0 Å². The van der Waals surface area contributed by atoms with E-state index in [9.17, 15) is 13.2 Å². The van der Waals surface area contributed by atoms with Crippen LogP contribution in [0.2, 0.25) is 0 Å². The lowest BCUT2D eigenvalue weighted by Gasteiger charge is -2.32. The van der Waals surface area contributed by atoms with Gasteiger partial charge in [-0.05, 0) is 69.2 Å². The summed E-state index contributed by atoms with van der Waals surface area (Å²) in [6.45, 7) is 6.07. The van der Waals surface area contributed by atoms with Crippen LogP contribution in [0.15, 0.2) is 33.6 Å². The van der Waals surface area contributed by atoms with E-state index < -0.39 is 10.0 Å². The molecule has 2 saturated heterocycles. The Balaban J connectivity index is 1.60. The van der Waals surface area contributed by atoms with Crippen molar-refractivity contribution in [1.82, 2.24) is 9.21 Å². The Morgan fingerprint density at radius 1 is 1.04 bits per heavy atom. The third-order valence-corrected chi connectivity index (χ3v) is 8.04. The molecule has 2 aliphatic rings. The van der Waals surface area contributed by atoms with Gasteiger partial charge in [-0.15, -0.1) is 0 Å². The number of amides is 1. The Kier molecular flexibility index (Phi) is 5.22. The maximum atomic E-state index is 13.0. The minimum absolute atomic E-state index is 0.113. The Labute approximate surface area is 166 Å². The van der Waals surface area contributed by atoms with Crippen molar-refractivity contribution in [2.75, 3.05) is 19.6 Å². The van der Waals surface area contributed by atoms with Gasteiger partial charge in [0.2, 0.25) is 10.0 Å². The van der Waals surface area contributed by atoms with E-state index in [0.717, 1.165) is 38.6 Å². The summed E-state index contributed by atoms with van der Waals surface area (Å²) < 4.78 is 33.3. The largest absolute Gasteiger partial charge is 0.451 e. The summed E-state index contributed by atoms with van der Waals surface area (Å²) in [4.78, 5) is 15.0. The number of hydrogen-bond acceptors (Lipinski definition) is 4. The zero-order valence-electron chi connectivity index (χ0n) is 16.6. The van der Waals surface area contributed by atoms with Gasteiger partial charge in [0.1, 0.15) is 5.58 Å². The Morgan fingerprint density at radius 3 is 2.50 bits per heavy atom. The number of rotatable bonds is 3. The smallest absolute Gasteiger partial charge is 0.289 e. The van der Waals surface area contributed by atoms with Gasteiger partial charge in [-0.2, -0.15) is 4.31 Å². The molecule has 0 N–H and O–H groups in total. The summed E-state index contributed by atoms with van der Waals surface area (Å²) in [7, 11) is -3.52. The fourth-order valence-electron chi connectivity index (χ4n) is 4.20. The highest BCUT2D eigenvalue weighted by Gasteiger charge is 2.29. The Bertz CT molecular complexity index is 973. The highest BCUT2D eigenvalue weighted by molar-refractivity contribution is 7.89. The van der Waals surface area contributed by atoms with Gasteiger partial charge < -0.3 is 9.32 Å². The molecule has 0 bridgehead atoms. The van der Waals surface area contributed by atoms with Crippen LogP contribution < -0.4 is 0 Å². The van der Waals surface area contributed by atoms with Gasteiger partial charge in [-0.25, -0.2) is 8.42 Å². The minimum Gasteiger partial charge on any atom is -0.451 e. The molecule has 2 fully saturated rings. The van der Waals surface area contributed by atoms with Gasteiger partial charge in [-0.1, -0.05) is 6.92 Å². The molecule has 1 unspecified atom stereocenters. The number of benzene rings is 1. The molecule has 0 spiro atoms. The molecule has 1 aromatic carbocycles. The minimum atomic E-state index is -3.52. The first-order valence-electron chi connectivity index (χ1n) is 10.2. The molecule has 4 rings (SSSR count). The zero-order chi connectivity index (χ0) is 19.9. The van der Waals surface area contributed by atoms with Crippen LogP contribution >= 0.6 is 0 Å². The SMILES string of the molecule is CC1CCN(S(=O)(=O)c2ccc3oc(C(=O)N4CCCCC4C)cc3c2)CC1. The van der Waals surface area contributed by atoms with Crippen molar-refractivity contribution >= 4 is 26.9 Å². The van der Waals surface area contributed by atoms with E-state index in [1.807, 2.05) is 4.90 Å². The molecular weight excluding hydrogens is 376 g/mol. The number of furan rings is 1. The van der Waals surface area contributed by atoms with Gasteiger partial charge in [-0.3, -0.25) is 4.79 Å². The highest BCUT2D eigenvalue weighted by Crippen LogP contribution is 2.29. The summed E-state index contributed by atoms with van der Waals surface area (Å²) in [5.74, 6) is 0.733. The first kappa shape index (κ1) is 19.5. The lowest BCUT2D eigenvalue weighted by atomic mass is 10.0. The number of nitrogens with zero attached hydrogens (tertiary/aromatic N) is 2. The van der Waals surface area contributed by atoms with Gasteiger partial charge >= 0.3 is 0 Å². The molecule has 0 aliphatic carbocycles. The number of likely N-dealkylation sites (tertiary alicyclic amines) is 1. The summed E-state index contributed by atoms with van der Waals surface area (Å²) in [5, 5.41) is 0.652. The fourth-order valence-corrected chi connectivity index (χ4v) is 5.71. The van der Waals surface area contributed by atoms with Crippen LogP contribution in [0.3, 0.4) is 0 Å². The van der Waals surface area contributed by atoms with Crippen molar-refractivity contribution in [1.29, 1.82) is 0 Å². The first-order chi connectivity index (χ1) is 13.4. The number of sulfonamides is 1. The van der Waals surface area contributed by atoms with E-state index in [1.165, 1.54) is 0 Å². The molecule has 7 heteroatoms. The summed E-state index contributed by atoms with van der Waals surface area (Å²) in [6, 6.07) is 6.74. The van der Waals surface area contributed by atoms with E-state index in [0.29, 0.717) is 30.0 Å². The average Bonchev–Trinajstić information content (AvgIpc) is 3.11. The van der Waals surface area contributed by atoms with Crippen molar-refractivity contribution in [2.45, 2.75) is 56.9 Å². The fraction of sp³-hybridized carbons (Fsp3) is 0.571. The predicted octanol–water partition coefficient (Wildman–Crippen LogP) is 3.87. The number of fused-ring (bicyclic) bond motifs is 1. The maximum Gasteiger partial charge on any atom is 0.289 e. The maximum absolute atomic E-state index is 13.0. The quantitative estimate of drug-likeness (QED) is 0.779. The number of piperidine rings is 2. The summed E-state index contributed by atoms with van der Waals surface area (Å²) >= 11 is 0. The van der Waals surface area contributed by atoms with E-state index in [1.54, 1.807) is 28.6 Å². The normalized spacial score (nSPS) is 22.6. The molecule has 6 nitrogen and oxygen atoms in total. The van der Waals surface area contributed by atoms with E-state index in [4.69, 9.17) is 4.42 Å². The van der Waals surface area contributed by atoms with Gasteiger partial charge in [0.05, 0.1) is 4.90 Å². The van der Waals surface area contributed by atoms with E-state index in [-0.39, 0.29) is 22.6 Å². The standard InChI is InChI=1S/C21H28N2O4S/c1-15-8-11-22(12-9-15)28(25,26)18-6-7-19-17(13-18)14-20(27-19)21(24)23-10-4-3-5-16(23)2/h6-7,13-16H,3-5,8-12H2,1-2H3. The first-order valence-corrected chi connectivity index (χ1v) is 11.6. The second kappa shape index (κ2) is 7.52. The van der Waals surface area contributed by atoms with Crippen molar-refractivity contribution in [2.24, 2.45) is 5.92 Å². The monoisotopic (exact) mass is 404 g/mol. The molecule has 1 aromatic heterocycles. The van der Waals surface area contributed by atoms with Crippen LogP contribution in [0.1, 0.15) is 56.5 Å². The molecule has 0 radical (unpaired) electrons. The molecule has 1 atom stereocenters. The molecule has 2 aromatic rings. The van der Waals surface area contributed by atoms with Gasteiger partial charge in [0.15, 0.2) is 5.76 Å². The topological polar surface area (TPSA) is 70.8 Å². The van der Waals surface area contributed by atoms with E-state index >= 15 is 0 Å². The molecule has 152 valence electrons. The van der Waals surface area contributed by atoms with Gasteiger partial charge in [0, 0.05) is 31.1 Å². The van der Waals surface area contributed by atoms with E-state index in [2.05, 4.69) is 13.8 Å². The summed E-state index contributed by atoms with van der Waals surface area (Å²) in [6.07, 6.45) is 4.93. The van der Waals surface area contributed by atoms with Crippen molar-refractivity contribution in [3.63, 3.8) is 0 Å². The summed E-state index contributed by atoms with van der Waals surface area (Å²) in [5.41, 5.74) is 0.541. The van der Waals surface area contributed by atoms with Crippen LogP contribution in [-0.2, 0) is 10.0 Å². The number of carbonyl (C=O) groups is 1. The molecule has 1 amide bonds. The van der Waals surface area contributed by atoms with Crippen LogP contribution in [-0.4, -0.2) is 49.2 Å². The third kappa shape index (κ3) is 3.57. The van der Waals surface area contributed by atoms with Crippen LogP contribution in [0.5, 0.6) is 0 Å². The Morgan fingerprint density at radius 2 is 1.79 bits per heavy atom. The van der Waals surface area contributed by atoms with Crippen LogP contribution in [0, 0.1) is 5.92 Å². The number of carbonyl (C=O) groups excluding carboxylic acids is 1. The average molecular weight is 405 g/mol. The van der Waals surface area contributed by atoms with Crippen molar-refractivity contribution in [3.05, 3.63) is 30.0 Å². The molecule has 3 heterocycles. The Hall–Kier alpha value is -1.86. The lowest BCUT2D eigenvalue weighted by molar-refractivity contribution is 0.0605. The second-order valence-electron chi connectivity index (χ2n) is 8.24. The highest BCUT2D eigenvalue weighted by atomic mass is 32.2. The second-order valence-corrected chi connectivity index (χ2v) is 10.2. The molecule has 28 heavy (non-hydrogen) atoms. The van der Waals surface area contributed by atoms with Crippen molar-refractivity contribution < 1.29 is 17.6 Å². The van der Waals surface area contributed by atoms with Crippen LogP contribution in [0.4, 0.5) is 0 Å². The zero-order valence-corrected chi connectivity index (χ0v) is 17.4. The molecule has 2 aliphatic heterocycles. The molecular formula is C21H28N2O4S. The van der Waals surface area contributed by atoms with Crippen LogP contribution in [0.25, 0.3) is 11.0 Å². The predicted molar refractivity (Wildman–Crippen MR) is 108 cm³/mol. The van der Waals surface area contributed by atoms with Gasteiger partial charge in [0.25, 0.3) is 5.91 Å². The number of hydrogen-bond donors (Lipinski definition) is 0.